The first-order chi connectivity index (χ1) is 10.5. The van der Waals surface area contributed by atoms with Crippen molar-refractivity contribution in [3.63, 3.8) is 0 Å². The normalized spacial score (nSPS) is 15.9. The molecule has 3 amide bonds. The number of hydrogen-bond donors (Lipinski definition) is 2. The summed E-state index contributed by atoms with van der Waals surface area (Å²) in [6.07, 6.45) is 1.30. The molecule has 1 heterocycles. The summed E-state index contributed by atoms with van der Waals surface area (Å²) in [5.74, 6) is -1.32. The number of nitrogens with zero attached hydrogens (tertiary/aromatic N) is 1. The number of phenolic OH excluding ortho intramolecular Hbond substituents is 1. The highest BCUT2D eigenvalue weighted by atomic mass is 16.5. The van der Waals surface area contributed by atoms with Crippen molar-refractivity contribution < 1.29 is 29.0 Å². The molecule has 22 heavy (non-hydrogen) atoms. The number of urea groups is 1. The van der Waals surface area contributed by atoms with Crippen molar-refractivity contribution in [2.24, 2.45) is 0 Å². The first kappa shape index (κ1) is 15.4. The summed E-state index contributed by atoms with van der Waals surface area (Å²) in [5, 5.41) is 12.3. The molecule has 1 aromatic carbocycles. The van der Waals surface area contributed by atoms with Gasteiger partial charge in [0, 0.05) is 5.56 Å². The van der Waals surface area contributed by atoms with E-state index in [1.54, 1.807) is 18.2 Å². The number of esters is 1. The van der Waals surface area contributed by atoms with E-state index in [0.717, 1.165) is 12.0 Å². The summed E-state index contributed by atoms with van der Waals surface area (Å²) in [7, 11) is 2.55. The number of methoxy groups -OCH3 is 2. The number of aromatic hydroxyl groups is 1. The Balaban J connectivity index is 2.29. The van der Waals surface area contributed by atoms with Crippen LogP contribution in [-0.2, 0) is 14.3 Å². The lowest BCUT2D eigenvalue weighted by atomic mass is 10.1. The van der Waals surface area contributed by atoms with E-state index in [1.807, 2.05) is 0 Å². The van der Waals surface area contributed by atoms with Crippen molar-refractivity contribution in [2.45, 2.75) is 0 Å². The number of nitrogens with one attached hydrogen (secondary N) is 1. The van der Waals surface area contributed by atoms with Crippen LogP contribution in [0.3, 0.4) is 0 Å². The number of phenols is 1. The lowest BCUT2D eigenvalue weighted by molar-refractivity contribution is -0.143. The maximum absolute atomic E-state index is 12.1. The van der Waals surface area contributed by atoms with E-state index < -0.39 is 24.5 Å². The van der Waals surface area contributed by atoms with Crippen molar-refractivity contribution in [2.75, 3.05) is 20.8 Å². The van der Waals surface area contributed by atoms with Gasteiger partial charge in [0.25, 0.3) is 5.91 Å². The van der Waals surface area contributed by atoms with Crippen molar-refractivity contribution in [3.05, 3.63) is 29.5 Å². The second kappa shape index (κ2) is 6.17. The fraction of sp³-hybridized carbons (Fsp3) is 0.214. The molecular weight excluding hydrogens is 292 g/mol. The number of amides is 3. The largest absolute Gasteiger partial charge is 0.504 e. The van der Waals surface area contributed by atoms with Crippen molar-refractivity contribution in [1.82, 2.24) is 10.2 Å². The van der Waals surface area contributed by atoms with Crippen LogP contribution in [0.4, 0.5) is 4.79 Å². The molecule has 0 spiro atoms. The quantitative estimate of drug-likeness (QED) is 0.476. The van der Waals surface area contributed by atoms with Gasteiger partial charge >= 0.3 is 12.0 Å². The second-order valence-corrected chi connectivity index (χ2v) is 4.35. The van der Waals surface area contributed by atoms with Crippen LogP contribution in [0.1, 0.15) is 5.56 Å². The fourth-order valence-corrected chi connectivity index (χ4v) is 1.88. The molecular formula is C14H14N2O6. The molecule has 2 rings (SSSR count). The zero-order chi connectivity index (χ0) is 16.3. The van der Waals surface area contributed by atoms with E-state index in [-0.39, 0.29) is 17.2 Å². The molecule has 1 fully saturated rings. The third-order valence-electron chi connectivity index (χ3n) is 3.03. The van der Waals surface area contributed by atoms with Gasteiger partial charge in [-0.15, -0.1) is 0 Å². The highest BCUT2D eigenvalue weighted by Gasteiger charge is 2.35. The van der Waals surface area contributed by atoms with Gasteiger partial charge in [0.05, 0.1) is 14.2 Å². The zero-order valence-electron chi connectivity index (χ0n) is 12.0. The number of imide groups is 1. The monoisotopic (exact) mass is 306 g/mol. The summed E-state index contributed by atoms with van der Waals surface area (Å²) < 4.78 is 9.39. The molecule has 0 bridgehead atoms. The van der Waals surface area contributed by atoms with Crippen molar-refractivity contribution in [3.8, 4) is 11.5 Å². The van der Waals surface area contributed by atoms with E-state index >= 15 is 0 Å². The maximum atomic E-state index is 12.1. The predicted molar refractivity (Wildman–Crippen MR) is 74.9 cm³/mol. The van der Waals surface area contributed by atoms with Gasteiger partial charge < -0.3 is 19.9 Å². The third-order valence-corrected chi connectivity index (χ3v) is 3.03. The van der Waals surface area contributed by atoms with Crippen LogP contribution in [-0.4, -0.2) is 48.7 Å². The molecule has 1 aromatic rings. The number of carbonyl (C=O) groups is 3. The Morgan fingerprint density at radius 1 is 1.36 bits per heavy atom. The molecule has 0 aromatic heterocycles. The molecule has 2 N–H and O–H groups in total. The van der Waals surface area contributed by atoms with Crippen LogP contribution in [0.5, 0.6) is 11.5 Å². The van der Waals surface area contributed by atoms with Gasteiger partial charge in [-0.3, -0.25) is 9.59 Å². The summed E-state index contributed by atoms with van der Waals surface area (Å²) in [6.45, 7) is -0.484. The van der Waals surface area contributed by atoms with E-state index in [1.165, 1.54) is 13.2 Å². The molecule has 0 aliphatic carbocycles. The first-order valence-corrected chi connectivity index (χ1v) is 6.25. The van der Waals surface area contributed by atoms with E-state index in [2.05, 4.69) is 10.1 Å². The minimum absolute atomic E-state index is 0.0579. The topological polar surface area (TPSA) is 105 Å². The highest BCUT2D eigenvalue weighted by molar-refractivity contribution is 6.15. The number of carbonyl (C=O) groups excluding carboxylic acids is 3. The van der Waals surface area contributed by atoms with Crippen LogP contribution in [0.25, 0.3) is 6.08 Å². The first-order valence-electron chi connectivity index (χ1n) is 6.25. The Morgan fingerprint density at radius 3 is 2.73 bits per heavy atom. The summed E-state index contributed by atoms with van der Waals surface area (Å²) in [4.78, 5) is 35.7. The standard InChI is InChI=1S/C14H14N2O6/c1-21-10-5-3-4-8(12(10)18)6-9-13(19)16(14(20)15-9)7-11(17)22-2/h3-6,18H,7H2,1-2H3,(H,15,20). The number of para-hydroxylation sites is 1. The highest BCUT2D eigenvalue weighted by Crippen LogP contribution is 2.31. The molecule has 0 atom stereocenters. The van der Waals surface area contributed by atoms with Crippen molar-refractivity contribution >= 4 is 24.0 Å². The molecule has 8 heteroatoms. The van der Waals surface area contributed by atoms with E-state index in [9.17, 15) is 19.5 Å². The van der Waals surface area contributed by atoms with E-state index in [0.29, 0.717) is 5.56 Å². The number of rotatable bonds is 4. The Bertz CT molecular complexity index is 667. The molecule has 0 radical (unpaired) electrons. The number of ether oxygens (including phenoxy) is 2. The van der Waals surface area contributed by atoms with Gasteiger partial charge in [0.15, 0.2) is 11.5 Å². The molecule has 1 aliphatic heterocycles. The van der Waals surface area contributed by atoms with Crippen molar-refractivity contribution in [1.29, 1.82) is 0 Å². The SMILES string of the molecule is COC(=O)CN1C(=O)NC(=Cc2cccc(OC)c2O)C1=O. The Labute approximate surface area is 125 Å². The minimum Gasteiger partial charge on any atom is -0.504 e. The van der Waals surface area contributed by atoms with Gasteiger partial charge in [0.2, 0.25) is 0 Å². The Hall–Kier alpha value is -3.03. The molecule has 0 unspecified atom stereocenters. The predicted octanol–water partition coefficient (Wildman–Crippen LogP) is 0.466. The lowest BCUT2D eigenvalue weighted by Gasteiger charge is -2.09. The molecule has 1 aliphatic rings. The van der Waals surface area contributed by atoms with Crippen LogP contribution < -0.4 is 10.1 Å². The Kier molecular flexibility index (Phi) is 4.31. The lowest BCUT2D eigenvalue weighted by Crippen LogP contribution is -2.36. The van der Waals surface area contributed by atoms with Crippen LogP contribution >= 0.6 is 0 Å². The third kappa shape index (κ3) is 2.85. The van der Waals surface area contributed by atoms with Gasteiger partial charge in [-0.1, -0.05) is 12.1 Å². The molecule has 8 nitrogen and oxygen atoms in total. The summed E-state index contributed by atoms with van der Waals surface area (Å²) in [5.41, 5.74) is 0.236. The average Bonchev–Trinajstić information content (AvgIpc) is 2.76. The molecule has 0 saturated carbocycles. The van der Waals surface area contributed by atoms with Gasteiger partial charge in [-0.2, -0.15) is 0 Å². The zero-order valence-corrected chi connectivity index (χ0v) is 12.0. The fourth-order valence-electron chi connectivity index (χ4n) is 1.88. The molecule has 116 valence electrons. The number of benzene rings is 1. The van der Waals surface area contributed by atoms with Gasteiger partial charge in [-0.05, 0) is 12.1 Å². The summed E-state index contributed by atoms with van der Waals surface area (Å²) in [6, 6.07) is 3.99. The van der Waals surface area contributed by atoms with Gasteiger partial charge in [0.1, 0.15) is 12.2 Å². The molecule has 1 saturated heterocycles. The minimum atomic E-state index is -0.732. The second-order valence-electron chi connectivity index (χ2n) is 4.35. The average molecular weight is 306 g/mol. The maximum Gasteiger partial charge on any atom is 0.329 e. The van der Waals surface area contributed by atoms with E-state index in [4.69, 9.17) is 4.74 Å². The van der Waals surface area contributed by atoms with Crippen LogP contribution in [0.15, 0.2) is 23.9 Å². The smallest absolute Gasteiger partial charge is 0.329 e. The number of hydrogen-bond acceptors (Lipinski definition) is 6. The van der Waals surface area contributed by atoms with Gasteiger partial charge in [-0.25, -0.2) is 9.69 Å². The Morgan fingerprint density at radius 2 is 2.09 bits per heavy atom. The van der Waals surface area contributed by atoms with Crippen LogP contribution in [0.2, 0.25) is 0 Å². The summed E-state index contributed by atoms with van der Waals surface area (Å²) >= 11 is 0. The van der Waals surface area contributed by atoms with Crippen LogP contribution in [0, 0.1) is 0 Å².